The molecule has 0 aliphatic heterocycles. The van der Waals surface area contributed by atoms with Gasteiger partial charge in [-0.3, -0.25) is 0 Å². The number of nitrogens with two attached hydrogens (primary N) is 1. The SMILES string of the molecule is CCc1ccc(-c2nc(CC)n(C(C)C)c2N)cc1. The number of imidazole rings is 1. The highest BCUT2D eigenvalue weighted by atomic mass is 15.2. The molecule has 0 aliphatic rings. The van der Waals surface area contributed by atoms with Gasteiger partial charge < -0.3 is 10.3 Å². The molecule has 0 fully saturated rings. The number of aromatic nitrogens is 2. The Balaban J connectivity index is 2.49. The van der Waals surface area contributed by atoms with Crippen LogP contribution in [0.4, 0.5) is 5.82 Å². The van der Waals surface area contributed by atoms with Crippen LogP contribution in [0.5, 0.6) is 0 Å². The summed E-state index contributed by atoms with van der Waals surface area (Å²) in [6.45, 7) is 8.55. The van der Waals surface area contributed by atoms with E-state index in [4.69, 9.17) is 10.7 Å². The first-order valence-corrected chi connectivity index (χ1v) is 7.04. The first-order chi connectivity index (χ1) is 9.08. The van der Waals surface area contributed by atoms with Crippen molar-refractivity contribution in [3.8, 4) is 11.3 Å². The van der Waals surface area contributed by atoms with Crippen molar-refractivity contribution < 1.29 is 0 Å². The van der Waals surface area contributed by atoms with Gasteiger partial charge in [0.15, 0.2) is 0 Å². The molecule has 0 spiro atoms. The highest BCUT2D eigenvalue weighted by molar-refractivity contribution is 5.71. The lowest BCUT2D eigenvalue weighted by Gasteiger charge is -2.12. The van der Waals surface area contributed by atoms with E-state index in [1.807, 2.05) is 0 Å². The second-order valence-electron chi connectivity index (χ2n) is 5.13. The number of aryl methyl sites for hydroxylation is 2. The van der Waals surface area contributed by atoms with Crippen LogP contribution < -0.4 is 5.73 Å². The summed E-state index contributed by atoms with van der Waals surface area (Å²) in [6.07, 6.45) is 1.95. The Morgan fingerprint density at radius 3 is 2.16 bits per heavy atom. The summed E-state index contributed by atoms with van der Waals surface area (Å²) >= 11 is 0. The lowest BCUT2D eigenvalue weighted by atomic mass is 10.1. The van der Waals surface area contributed by atoms with Gasteiger partial charge in [-0.05, 0) is 25.8 Å². The van der Waals surface area contributed by atoms with Crippen LogP contribution in [-0.2, 0) is 12.8 Å². The third-order valence-corrected chi connectivity index (χ3v) is 3.49. The fraction of sp³-hybridized carbons (Fsp3) is 0.438. The van der Waals surface area contributed by atoms with Crippen molar-refractivity contribution in [2.24, 2.45) is 0 Å². The Hall–Kier alpha value is -1.77. The molecule has 0 amide bonds. The van der Waals surface area contributed by atoms with Gasteiger partial charge in [0.25, 0.3) is 0 Å². The Morgan fingerprint density at radius 2 is 1.74 bits per heavy atom. The highest BCUT2D eigenvalue weighted by Crippen LogP contribution is 2.29. The summed E-state index contributed by atoms with van der Waals surface area (Å²) in [4.78, 5) is 4.71. The van der Waals surface area contributed by atoms with Crippen LogP contribution in [0.25, 0.3) is 11.3 Å². The molecule has 19 heavy (non-hydrogen) atoms. The van der Waals surface area contributed by atoms with E-state index in [0.29, 0.717) is 6.04 Å². The average molecular weight is 257 g/mol. The number of hydrogen-bond donors (Lipinski definition) is 1. The van der Waals surface area contributed by atoms with E-state index in [2.05, 4.69) is 56.5 Å². The minimum absolute atomic E-state index is 0.339. The summed E-state index contributed by atoms with van der Waals surface area (Å²) in [5, 5.41) is 0. The summed E-state index contributed by atoms with van der Waals surface area (Å²) in [5.41, 5.74) is 9.63. The van der Waals surface area contributed by atoms with E-state index >= 15 is 0 Å². The largest absolute Gasteiger partial charge is 0.383 e. The van der Waals surface area contributed by atoms with Crippen LogP contribution in [0.1, 0.15) is 45.1 Å². The molecule has 3 heteroatoms. The number of nitrogens with zero attached hydrogens (tertiary/aromatic N) is 2. The minimum atomic E-state index is 0.339. The Morgan fingerprint density at radius 1 is 1.11 bits per heavy atom. The van der Waals surface area contributed by atoms with E-state index in [9.17, 15) is 0 Å². The van der Waals surface area contributed by atoms with Gasteiger partial charge in [0.1, 0.15) is 17.3 Å². The topological polar surface area (TPSA) is 43.8 Å². The number of hydrogen-bond acceptors (Lipinski definition) is 2. The second-order valence-corrected chi connectivity index (χ2v) is 5.13. The molecular formula is C16H23N3. The van der Waals surface area contributed by atoms with Gasteiger partial charge in [-0.1, -0.05) is 38.1 Å². The molecule has 0 saturated carbocycles. The van der Waals surface area contributed by atoms with Crippen LogP contribution >= 0.6 is 0 Å². The Bertz CT molecular complexity index is 550. The van der Waals surface area contributed by atoms with Gasteiger partial charge >= 0.3 is 0 Å². The molecule has 0 radical (unpaired) electrons. The van der Waals surface area contributed by atoms with Crippen LogP contribution in [0.3, 0.4) is 0 Å². The first-order valence-electron chi connectivity index (χ1n) is 7.04. The fourth-order valence-corrected chi connectivity index (χ4v) is 2.43. The number of anilines is 1. The predicted octanol–water partition coefficient (Wildman–Crippen LogP) is 3.84. The van der Waals surface area contributed by atoms with Crippen molar-refractivity contribution in [1.82, 2.24) is 9.55 Å². The zero-order valence-corrected chi connectivity index (χ0v) is 12.3. The molecule has 2 rings (SSSR count). The second kappa shape index (κ2) is 5.47. The first kappa shape index (κ1) is 13.7. The molecule has 102 valence electrons. The molecule has 0 saturated heterocycles. The van der Waals surface area contributed by atoms with Crippen molar-refractivity contribution in [3.05, 3.63) is 35.7 Å². The van der Waals surface area contributed by atoms with Gasteiger partial charge in [0.05, 0.1) is 0 Å². The number of rotatable bonds is 4. The van der Waals surface area contributed by atoms with Crippen molar-refractivity contribution in [3.63, 3.8) is 0 Å². The van der Waals surface area contributed by atoms with Crippen molar-refractivity contribution in [2.45, 2.75) is 46.6 Å². The average Bonchev–Trinajstić information content (AvgIpc) is 2.76. The maximum Gasteiger partial charge on any atom is 0.131 e. The zero-order chi connectivity index (χ0) is 14.0. The number of nitrogen functional groups attached to an aromatic ring is 1. The smallest absolute Gasteiger partial charge is 0.131 e. The van der Waals surface area contributed by atoms with Gasteiger partial charge in [-0.2, -0.15) is 0 Å². The van der Waals surface area contributed by atoms with Gasteiger partial charge in [0, 0.05) is 18.0 Å². The molecular weight excluding hydrogens is 234 g/mol. The van der Waals surface area contributed by atoms with E-state index in [0.717, 1.165) is 35.7 Å². The minimum Gasteiger partial charge on any atom is -0.383 e. The molecule has 3 nitrogen and oxygen atoms in total. The quantitative estimate of drug-likeness (QED) is 0.904. The van der Waals surface area contributed by atoms with Gasteiger partial charge in [-0.15, -0.1) is 0 Å². The summed E-state index contributed by atoms with van der Waals surface area (Å²) in [6, 6.07) is 8.86. The van der Waals surface area contributed by atoms with Crippen LogP contribution in [0.2, 0.25) is 0 Å². The summed E-state index contributed by atoms with van der Waals surface area (Å²) in [5.74, 6) is 1.83. The van der Waals surface area contributed by atoms with E-state index in [1.54, 1.807) is 0 Å². The molecule has 2 N–H and O–H groups in total. The standard InChI is InChI=1S/C16H23N3/c1-5-12-7-9-13(10-8-12)15-16(17)19(11(3)4)14(6-2)18-15/h7-11H,5-6,17H2,1-4H3. The van der Waals surface area contributed by atoms with Crippen molar-refractivity contribution in [2.75, 3.05) is 5.73 Å². The fourth-order valence-electron chi connectivity index (χ4n) is 2.43. The zero-order valence-electron chi connectivity index (χ0n) is 12.3. The molecule has 2 aromatic rings. The van der Waals surface area contributed by atoms with E-state index < -0.39 is 0 Å². The normalized spacial score (nSPS) is 11.2. The lowest BCUT2D eigenvalue weighted by molar-refractivity contribution is 0.579. The van der Waals surface area contributed by atoms with Crippen molar-refractivity contribution >= 4 is 5.82 Å². The third kappa shape index (κ3) is 2.50. The Labute approximate surface area is 115 Å². The highest BCUT2D eigenvalue weighted by Gasteiger charge is 2.16. The van der Waals surface area contributed by atoms with Crippen molar-refractivity contribution in [1.29, 1.82) is 0 Å². The maximum atomic E-state index is 6.28. The molecule has 0 atom stereocenters. The van der Waals surface area contributed by atoms with Gasteiger partial charge in [-0.25, -0.2) is 4.98 Å². The predicted molar refractivity (Wildman–Crippen MR) is 81.2 cm³/mol. The van der Waals surface area contributed by atoms with Crippen LogP contribution in [0, 0.1) is 0 Å². The lowest BCUT2D eigenvalue weighted by Crippen LogP contribution is -2.08. The van der Waals surface area contributed by atoms with E-state index in [-0.39, 0.29) is 0 Å². The van der Waals surface area contributed by atoms with Gasteiger partial charge in [0.2, 0.25) is 0 Å². The molecule has 0 unspecified atom stereocenters. The summed E-state index contributed by atoms with van der Waals surface area (Å²) in [7, 11) is 0. The number of benzene rings is 1. The van der Waals surface area contributed by atoms with Crippen LogP contribution in [0.15, 0.2) is 24.3 Å². The molecule has 0 bridgehead atoms. The van der Waals surface area contributed by atoms with Crippen LogP contribution in [-0.4, -0.2) is 9.55 Å². The maximum absolute atomic E-state index is 6.28. The third-order valence-electron chi connectivity index (χ3n) is 3.49. The Kier molecular flexibility index (Phi) is 3.93. The molecule has 1 heterocycles. The van der Waals surface area contributed by atoms with E-state index in [1.165, 1.54) is 5.56 Å². The molecule has 1 aromatic heterocycles. The molecule has 1 aromatic carbocycles. The monoisotopic (exact) mass is 257 g/mol. The molecule has 0 aliphatic carbocycles. The summed E-state index contributed by atoms with van der Waals surface area (Å²) < 4.78 is 2.13.